The van der Waals surface area contributed by atoms with Crippen LogP contribution in [0.2, 0.25) is 0 Å². The Labute approximate surface area is 116 Å². The van der Waals surface area contributed by atoms with Crippen molar-refractivity contribution < 1.29 is 4.79 Å². The zero-order valence-corrected chi connectivity index (χ0v) is 11.6. The molecular formula is C14H15N3OS. The smallest absolute Gasteiger partial charge is 0.273 e. The zero-order chi connectivity index (χ0) is 13.2. The molecule has 0 bridgehead atoms. The molecule has 1 aliphatic rings. The lowest BCUT2D eigenvalue weighted by Crippen LogP contribution is -2.33. The van der Waals surface area contributed by atoms with Gasteiger partial charge in [0, 0.05) is 17.6 Å². The lowest BCUT2D eigenvalue weighted by atomic mass is 10.3. The first-order chi connectivity index (χ1) is 9.24. The summed E-state index contributed by atoms with van der Waals surface area (Å²) in [5.74, 6) is 0.0255. The maximum Gasteiger partial charge on any atom is 0.273 e. The lowest BCUT2D eigenvalue weighted by molar-refractivity contribution is 0.0722. The topological polar surface area (TPSA) is 46.1 Å². The monoisotopic (exact) mass is 273 g/mol. The molecule has 1 amide bonds. The Morgan fingerprint density at radius 2 is 2.32 bits per heavy atom. The molecule has 0 aromatic carbocycles. The number of aryl methyl sites for hydroxylation is 1. The molecule has 2 aromatic heterocycles. The molecule has 2 aromatic rings. The van der Waals surface area contributed by atoms with E-state index in [-0.39, 0.29) is 5.91 Å². The predicted molar refractivity (Wildman–Crippen MR) is 74.0 cm³/mol. The molecule has 2 heterocycles. The summed E-state index contributed by atoms with van der Waals surface area (Å²) in [6, 6.07) is 6.15. The summed E-state index contributed by atoms with van der Waals surface area (Å²) in [6.07, 6.45) is 3.93. The third kappa shape index (κ3) is 2.81. The van der Waals surface area contributed by atoms with Gasteiger partial charge in [-0.25, -0.2) is 4.98 Å². The Morgan fingerprint density at radius 3 is 2.89 bits per heavy atom. The third-order valence-corrected chi connectivity index (χ3v) is 3.92. The van der Waals surface area contributed by atoms with Crippen molar-refractivity contribution in [2.24, 2.45) is 0 Å². The van der Waals surface area contributed by atoms with Crippen LogP contribution in [-0.2, 0) is 6.54 Å². The van der Waals surface area contributed by atoms with Gasteiger partial charge in [0.2, 0.25) is 0 Å². The standard InChI is InChI=1S/C14H15N3OS/c1-10-16-13(9-19-10)14(18)17(12-5-6-12)8-11-4-2-3-7-15-11/h2-4,7,9,12H,5-6,8H2,1H3. The fourth-order valence-electron chi connectivity index (χ4n) is 2.03. The van der Waals surface area contributed by atoms with E-state index >= 15 is 0 Å². The summed E-state index contributed by atoms with van der Waals surface area (Å²) >= 11 is 1.51. The average molecular weight is 273 g/mol. The van der Waals surface area contributed by atoms with Gasteiger partial charge >= 0.3 is 0 Å². The SMILES string of the molecule is Cc1nc(C(=O)N(Cc2ccccn2)C2CC2)cs1. The minimum Gasteiger partial charge on any atom is -0.328 e. The molecule has 0 unspecified atom stereocenters. The molecule has 0 radical (unpaired) electrons. The van der Waals surface area contributed by atoms with E-state index in [1.165, 1.54) is 11.3 Å². The predicted octanol–water partition coefficient (Wildman–Crippen LogP) is 2.65. The van der Waals surface area contributed by atoms with E-state index in [9.17, 15) is 4.79 Å². The zero-order valence-electron chi connectivity index (χ0n) is 10.7. The lowest BCUT2D eigenvalue weighted by Gasteiger charge is -2.21. The van der Waals surface area contributed by atoms with E-state index in [0.717, 1.165) is 23.5 Å². The summed E-state index contributed by atoms with van der Waals surface area (Å²) in [5, 5.41) is 2.77. The highest BCUT2D eigenvalue weighted by molar-refractivity contribution is 7.09. The van der Waals surface area contributed by atoms with Gasteiger partial charge in [0.25, 0.3) is 5.91 Å². The maximum atomic E-state index is 12.5. The number of rotatable bonds is 4. The molecule has 98 valence electrons. The first-order valence-corrected chi connectivity index (χ1v) is 7.25. The number of hydrogen-bond donors (Lipinski definition) is 0. The van der Waals surface area contributed by atoms with Crippen molar-refractivity contribution >= 4 is 17.2 Å². The third-order valence-electron chi connectivity index (χ3n) is 3.15. The number of carbonyl (C=O) groups is 1. The van der Waals surface area contributed by atoms with Gasteiger partial charge in [0.05, 0.1) is 17.2 Å². The Kier molecular flexibility index (Phi) is 3.29. The molecule has 4 nitrogen and oxygen atoms in total. The summed E-state index contributed by atoms with van der Waals surface area (Å²) in [6.45, 7) is 2.49. The fourth-order valence-corrected chi connectivity index (χ4v) is 2.61. The van der Waals surface area contributed by atoms with Crippen LogP contribution in [0.1, 0.15) is 34.0 Å². The highest BCUT2D eigenvalue weighted by atomic mass is 32.1. The van der Waals surface area contributed by atoms with Crippen molar-refractivity contribution in [2.45, 2.75) is 32.4 Å². The molecule has 1 fully saturated rings. The number of amides is 1. The Bertz CT molecular complexity index is 577. The van der Waals surface area contributed by atoms with Crippen LogP contribution in [0.25, 0.3) is 0 Å². The molecular weight excluding hydrogens is 258 g/mol. The quantitative estimate of drug-likeness (QED) is 0.860. The van der Waals surface area contributed by atoms with Crippen LogP contribution < -0.4 is 0 Å². The Hall–Kier alpha value is -1.75. The van der Waals surface area contributed by atoms with Gasteiger partial charge in [0.1, 0.15) is 5.69 Å². The molecule has 0 atom stereocenters. The van der Waals surface area contributed by atoms with E-state index in [0.29, 0.717) is 18.3 Å². The molecule has 3 rings (SSSR count). The van der Waals surface area contributed by atoms with Gasteiger partial charge in [-0.1, -0.05) is 6.07 Å². The van der Waals surface area contributed by atoms with Crippen LogP contribution in [0.4, 0.5) is 0 Å². The number of nitrogens with zero attached hydrogens (tertiary/aromatic N) is 3. The average Bonchev–Trinajstić information content (AvgIpc) is 3.18. The first kappa shape index (κ1) is 12.3. The second kappa shape index (κ2) is 5.09. The fraction of sp³-hybridized carbons (Fsp3) is 0.357. The molecule has 5 heteroatoms. The summed E-state index contributed by atoms with van der Waals surface area (Å²) in [4.78, 5) is 23.0. The van der Waals surface area contributed by atoms with Gasteiger partial charge < -0.3 is 4.90 Å². The Morgan fingerprint density at radius 1 is 1.47 bits per heavy atom. The van der Waals surface area contributed by atoms with Crippen molar-refractivity contribution in [1.29, 1.82) is 0 Å². The highest BCUT2D eigenvalue weighted by Crippen LogP contribution is 2.29. The summed E-state index contributed by atoms with van der Waals surface area (Å²) < 4.78 is 0. The van der Waals surface area contributed by atoms with Crippen LogP contribution in [0.5, 0.6) is 0 Å². The molecule has 0 spiro atoms. The number of pyridine rings is 1. The van der Waals surface area contributed by atoms with Crippen molar-refractivity contribution in [3.05, 3.63) is 46.2 Å². The highest BCUT2D eigenvalue weighted by Gasteiger charge is 2.34. The van der Waals surface area contributed by atoms with Crippen LogP contribution in [0.15, 0.2) is 29.8 Å². The van der Waals surface area contributed by atoms with Crippen LogP contribution in [0, 0.1) is 6.92 Å². The second-order valence-electron chi connectivity index (χ2n) is 4.74. The molecule has 0 N–H and O–H groups in total. The normalized spacial score (nSPS) is 14.4. The van der Waals surface area contributed by atoms with Crippen LogP contribution in [-0.4, -0.2) is 26.8 Å². The molecule has 19 heavy (non-hydrogen) atoms. The van der Waals surface area contributed by atoms with E-state index in [2.05, 4.69) is 9.97 Å². The van der Waals surface area contributed by atoms with E-state index in [4.69, 9.17) is 0 Å². The van der Waals surface area contributed by atoms with Crippen molar-refractivity contribution in [3.8, 4) is 0 Å². The van der Waals surface area contributed by atoms with Gasteiger partial charge in [-0.3, -0.25) is 9.78 Å². The summed E-state index contributed by atoms with van der Waals surface area (Å²) in [7, 11) is 0. The minimum atomic E-state index is 0.0255. The number of aromatic nitrogens is 2. The largest absolute Gasteiger partial charge is 0.328 e. The number of carbonyl (C=O) groups excluding carboxylic acids is 1. The van der Waals surface area contributed by atoms with E-state index < -0.39 is 0 Å². The van der Waals surface area contributed by atoms with Crippen molar-refractivity contribution in [3.63, 3.8) is 0 Å². The molecule has 1 aliphatic carbocycles. The van der Waals surface area contributed by atoms with Crippen molar-refractivity contribution in [1.82, 2.24) is 14.9 Å². The van der Waals surface area contributed by atoms with Crippen LogP contribution >= 0.6 is 11.3 Å². The minimum absolute atomic E-state index is 0.0255. The van der Waals surface area contributed by atoms with Gasteiger partial charge in [-0.05, 0) is 31.9 Å². The van der Waals surface area contributed by atoms with Gasteiger partial charge in [0.15, 0.2) is 0 Å². The molecule has 0 saturated heterocycles. The maximum absolute atomic E-state index is 12.5. The number of hydrogen-bond acceptors (Lipinski definition) is 4. The second-order valence-corrected chi connectivity index (χ2v) is 5.80. The number of thiazole rings is 1. The van der Waals surface area contributed by atoms with E-state index in [1.807, 2.05) is 35.4 Å². The molecule has 1 saturated carbocycles. The van der Waals surface area contributed by atoms with Gasteiger partial charge in [-0.2, -0.15) is 0 Å². The summed E-state index contributed by atoms with van der Waals surface area (Å²) in [5.41, 5.74) is 1.49. The van der Waals surface area contributed by atoms with E-state index in [1.54, 1.807) is 6.20 Å². The first-order valence-electron chi connectivity index (χ1n) is 6.37. The Balaban J connectivity index is 1.79. The molecule has 0 aliphatic heterocycles. The van der Waals surface area contributed by atoms with Crippen molar-refractivity contribution in [2.75, 3.05) is 0 Å². The van der Waals surface area contributed by atoms with Gasteiger partial charge in [-0.15, -0.1) is 11.3 Å². The van der Waals surface area contributed by atoms with Crippen LogP contribution in [0.3, 0.4) is 0 Å².